The SMILES string of the molecule is CC(=O)c1ccc(-c2ccc(C[C@@H]3NC(=O)[C@]4(Cc5ccccc5)CCCN(C4)C(=O)/C=C/C(=O)NCC[C@@H](C(=O)NCCOCCN)NC(=O)Cc4ccccc4CNC3=O)cc2)c(C)c1. The molecule has 0 aromatic heterocycles. The molecule has 2 bridgehead atoms. The Hall–Kier alpha value is -6.97. The molecule has 67 heavy (non-hydrogen) atoms. The van der Waals surface area contributed by atoms with Gasteiger partial charge in [0.05, 0.1) is 25.0 Å². The molecule has 1 fully saturated rings. The zero-order chi connectivity index (χ0) is 47.8. The average Bonchev–Trinajstić information content (AvgIpc) is 3.32. The predicted octanol–water partition coefficient (Wildman–Crippen LogP) is 3.25. The van der Waals surface area contributed by atoms with Gasteiger partial charge in [-0.3, -0.25) is 33.6 Å². The number of carbonyl (C=O) groups is 7. The lowest BCUT2D eigenvalue weighted by Crippen LogP contribution is -2.58. The lowest BCUT2D eigenvalue weighted by atomic mass is 9.74. The monoisotopic (exact) mass is 911 g/mol. The smallest absolute Gasteiger partial charge is 0.246 e. The fourth-order valence-corrected chi connectivity index (χ4v) is 8.60. The Bertz CT molecular complexity index is 2440. The molecule has 0 spiro atoms. The summed E-state index contributed by atoms with van der Waals surface area (Å²) in [6, 6.07) is 27.9. The van der Waals surface area contributed by atoms with E-state index in [0.717, 1.165) is 33.9 Å². The molecule has 15 nitrogen and oxygen atoms in total. The highest BCUT2D eigenvalue weighted by molar-refractivity contribution is 5.98. The first-order chi connectivity index (χ1) is 32.3. The van der Waals surface area contributed by atoms with Crippen LogP contribution in [0.3, 0.4) is 0 Å². The lowest BCUT2D eigenvalue weighted by Gasteiger charge is -2.42. The first kappa shape index (κ1) is 49.5. The van der Waals surface area contributed by atoms with Crippen molar-refractivity contribution in [3.8, 4) is 11.1 Å². The Kier molecular flexibility index (Phi) is 17.7. The van der Waals surface area contributed by atoms with Crippen LogP contribution < -0.4 is 32.3 Å². The number of nitrogens with zero attached hydrogens (tertiary/aromatic N) is 1. The zero-order valence-corrected chi connectivity index (χ0v) is 38.2. The van der Waals surface area contributed by atoms with Gasteiger partial charge >= 0.3 is 0 Å². The van der Waals surface area contributed by atoms with Crippen LogP contribution in [0.25, 0.3) is 11.1 Å². The number of Topliss-reactive ketones (excluding diaryl/α,β-unsaturated/α-hetero) is 1. The van der Waals surface area contributed by atoms with Crippen LogP contribution >= 0.6 is 0 Å². The minimum atomic E-state index is -1.12. The second kappa shape index (κ2) is 24.0. The molecule has 352 valence electrons. The number of amides is 6. The van der Waals surface area contributed by atoms with E-state index in [1.807, 2.05) is 73.7 Å². The Morgan fingerprint density at radius 2 is 1.60 bits per heavy atom. The van der Waals surface area contributed by atoms with E-state index in [1.165, 1.54) is 13.0 Å². The summed E-state index contributed by atoms with van der Waals surface area (Å²) >= 11 is 0. The summed E-state index contributed by atoms with van der Waals surface area (Å²) in [5.41, 5.74) is 10.8. The van der Waals surface area contributed by atoms with Crippen LogP contribution in [0.1, 0.15) is 64.4 Å². The fourth-order valence-electron chi connectivity index (χ4n) is 8.60. The Balaban J connectivity index is 1.31. The maximum absolute atomic E-state index is 14.9. The van der Waals surface area contributed by atoms with Crippen LogP contribution in [0, 0.1) is 12.3 Å². The second-order valence-corrected chi connectivity index (χ2v) is 17.2. The number of piperidine rings is 1. The number of benzene rings is 4. The molecule has 6 amide bonds. The minimum absolute atomic E-state index is 0.00703. The van der Waals surface area contributed by atoms with Crippen LogP contribution in [0.5, 0.6) is 0 Å². The normalized spacial score (nSPS) is 20.4. The fraction of sp³-hybridized carbons (Fsp3) is 0.365. The molecule has 1 saturated heterocycles. The van der Waals surface area contributed by atoms with Crippen molar-refractivity contribution in [1.29, 1.82) is 0 Å². The average molecular weight is 912 g/mol. The molecular formula is C52H61N7O8. The number of rotatable bonds is 12. The number of ketones is 1. The molecule has 15 heteroatoms. The first-order valence-electron chi connectivity index (χ1n) is 22.8. The quantitative estimate of drug-likeness (QED) is 0.0907. The molecule has 2 heterocycles. The molecule has 0 unspecified atom stereocenters. The van der Waals surface area contributed by atoms with Crippen molar-refractivity contribution in [2.75, 3.05) is 45.9 Å². The molecule has 3 atom stereocenters. The van der Waals surface area contributed by atoms with Gasteiger partial charge in [-0.05, 0) is 84.5 Å². The van der Waals surface area contributed by atoms with Crippen LogP contribution in [-0.4, -0.2) is 104 Å². The number of ether oxygens (including phenoxy) is 1. The van der Waals surface area contributed by atoms with Gasteiger partial charge in [-0.1, -0.05) is 91.0 Å². The molecule has 0 aliphatic carbocycles. The number of carbonyl (C=O) groups excluding carboxylic acids is 7. The van der Waals surface area contributed by atoms with E-state index in [9.17, 15) is 33.6 Å². The third kappa shape index (κ3) is 14.0. The van der Waals surface area contributed by atoms with Gasteiger partial charge in [0.2, 0.25) is 35.4 Å². The number of nitrogens with two attached hydrogens (primary N) is 1. The van der Waals surface area contributed by atoms with E-state index in [-0.39, 0.29) is 63.7 Å². The standard InChI is InChI=1S/C52H61N7O8/c1-35-29-40(36(2)60)17-18-43(35)39-15-13-37(14-16-39)30-45-50(65)56-33-42-12-7-6-11-41(42)31-47(62)57-44(49(64)55-25-28-67-27-23-53)21-24-54-46(61)19-20-48(63)59-26-8-22-52(34-59,51(66)58-45)32-38-9-4-3-5-10-38/h3-7,9-20,29,44-45H,8,21-28,30-34,53H2,1-2H3,(H,54,61)(H,55,64)(H,56,65)(H,57,62)(H,58,66)/b20-19+/t44-,45-,52-/m0/s1. The van der Waals surface area contributed by atoms with Crippen molar-refractivity contribution in [2.24, 2.45) is 11.1 Å². The number of nitrogens with one attached hydrogen (secondary N) is 5. The van der Waals surface area contributed by atoms with Crippen LogP contribution in [-0.2, 0) is 59.3 Å². The molecule has 2 aliphatic heterocycles. The summed E-state index contributed by atoms with van der Waals surface area (Å²) < 4.78 is 5.37. The van der Waals surface area contributed by atoms with Crippen LogP contribution in [0.2, 0.25) is 0 Å². The van der Waals surface area contributed by atoms with Gasteiger partial charge in [0.15, 0.2) is 5.78 Å². The van der Waals surface area contributed by atoms with Crippen molar-refractivity contribution in [3.63, 3.8) is 0 Å². The topological polar surface area (TPSA) is 218 Å². The van der Waals surface area contributed by atoms with Gasteiger partial charge in [-0.2, -0.15) is 0 Å². The minimum Gasteiger partial charge on any atom is -0.378 e. The Morgan fingerprint density at radius 1 is 0.851 bits per heavy atom. The van der Waals surface area contributed by atoms with Gasteiger partial charge in [0, 0.05) is 63.4 Å². The summed E-state index contributed by atoms with van der Waals surface area (Å²) in [6.07, 6.45) is 3.59. The predicted molar refractivity (Wildman–Crippen MR) is 254 cm³/mol. The van der Waals surface area contributed by atoms with Gasteiger partial charge in [0.1, 0.15) is 12.1 Å². The third-order valence-electron chi connectivity index (χ3n) is 12.2. The number of hydrogen-bond donors (Lipinski definition) is 6. The molecule has 7 N–H and O–H groups in total. The van der Waals surface area contributed by atoms with E-state index in [0.29, 0.717) is 55.6 Å². The van der Waals surface area contributed by atoms with Gasteiger partial charge in [-0.15, -0.1) is 0 Å². The summed E-state index contributed by atoms with van der Waals surface area (Å²) in [4.78, 5) is 96.7. The highest BCUT2D eigenvalue weighted by atomic mass is 16.5. The van der Waals surface area contributed by atoms with E-state index in [1.54, 1.807) is 35.2 Å². The van der Waals surface area contributed by atoms with E-state index in [4.69, 9.17) is 10.5 Å². The molecule has 0 radical (unpaired) electrons. The van der Waals surface area contributed by atoms with Gasteiger partial charge in [-0.25, -0.2) is 0 Å². The van der Waals surface area contributed by atoms with Crippen molar-refractivity contribution in [1.82, 2.24) is 31.5 Å². The van der Waals surface area contributed by atoms with Crippen molar-refractivity contribution >= 4 is 41.2 Å². The van der Waals surface area contributed by atoms with Crippen molar-refractivity contribution in [2.45, 2.75) is 71.0 Å². The Labute approximate surface area is 391 Å². The maximum atomic E-state index is 14.9. The molecule has 4 aromatic rings. The zero-order valence-electron chi connectivity index (χ0n) is 38.2. The summed E-state index contributed by atoms with van der Waals surface area (Å²) in [7, 11) is 0. The van der Waals surface area contributed by atoms with Crippen molar-refractivity contribution < 1.29 is 38.3 Å². The third-order valence-corrected chi connectivity index (χ3v) is 12.2. The molecule has 6 rings (SSSR count). The van der Waals surface area contributed by atoms with Crippen LogP contribution in [0.4, 0.5) is 0 Å². The number of aryl methyl sites for hydroxylation is 1. The molecule has 2 aliphatic rings. The highest BCUT2D eigenvalue weighted by Crippen LogP contribution is 2.35. The largest absolute Gasteiger partial charge is 0.378 e. The summed E-state index contributed by atoms with van der Waals surface area (Å²) in [6.45, 7) is 4.98. The first-order valence-corrected chi connectivity index (χ1v) is 22.8. The van der Waals surface area contributed by atoms with Crippen LogP contribution in [0.15, 0.2) is 109 Å². The Morgan fingerprint density at radius 3 is 2.33 bits per heavy atom. The molecule has 0 saturated carbocycles. The summed E-state index contributed by atoms with van der Waals surface area (Å²) in [5, 5.41) is 14.4. The molecular weight excluding hydrogens is 851 g/mol. The van der Waals surface area contributed by atoms with Gasteiger partial charge in [0.25, 0.3) is 0 Å². The highest BCUT2D eigenvalue weighted by Gasteiger charge is 2.44. The van der Waals surface area contributed by atoms with E-state index >= 15 is 0 Å². The van der Waals surface area contributed by atoms with Gasteiger partial charge < -0.3 is 42.0 Å². The number of fused-ring (bicyclic) bond motifs is 3. The lowest BCUT2D eigenvalue weighted by molar-refractivity contribution is -0.141. The maximum Gasteiger partial charge on any atom is 0.246 e. The second-order valence-electron chi connectivity index (χ2n) is 17.2. The van der Waals surface area contributed by atoms with E-state index in [2.05, 4.69) is 26.6 Å². The molecule has 4 aromatic carbocycles. The number of hydrogen-bond acceptors (Lipinski definition) is 9. The summed E-state index contributed by atoms with van der Waals surface area (Å²) in [5.74, 6) is -2.80. The van der Waals surface area contributed by atoms with E-state index < -0.39 is 47.0 Å². The van der Waals surface area contributed by atoms with Crippen molar-refractivity contribution in [3.05, 3.63) is 143 Å².